The first-order valence-electron chi connectivity index (χ1n) is 9.92. The van der Waals surface area contributed by atoms with Gasteiger partial charge < -0.3 is 15.1 Å². The van der Waals surface area contributed by atoms with Crippen molar-refractivity contribution in [1.29, 1.82) is 0 Å². The zero-order chi connectivity index (χ0) is 20.5. The molecular weight excluding hydrogens is 398 g/mol. The van der Waals surface area contributed by atoms with Crippen molar-refractivity contribution in [2.75, 3.05) is 43.4 Å². The molecule has 1 fully saturated rings. The lowest BCUT2D eigenvalue weighted by atomic mass is 10.1. The van der Waals surface area contributed by atoms with Crippen molar-refractivity contribution in [3.8, 4) is 11.3 Å². The summed E-state index contributed by atoms with van der Waals surface area (Å²) in [5.74, 6) is 0.506. The van der Waals surface area contributed by atoms with E-state index >= 15 is 0 Å². The Bertz CT molecular complexity index is 1160. The molecule has 0 saturated carbocycles. The third-order valence-corrected chi connectivity index (χ3v) is 5.73. The molecule has 4 aromatic rings. The fourth-order valence-electron chi connectivity index (χ4n) is 3.66. The van der Waals surface area contributed by atoms with E-state index in [2.05, 4.69) is 66.6 Å². The molecule has 152 valence electrons. The Hall–Kier alpha value is -3.16. The van der Waals surface area contributed by atoms with Gasteiger partial charge in [0.05, 0.1) is 28.6 Å². The summed E-state index contributed by atoms with van der Waals surface area (Å²) in [4.78, 5) is 13.7. The van der Waals surface area contributed by atoms with E-state index in [1.165, 1.54) is 5.69 Å². The third-order valence-electron chi connectivity index (χ3n) is 5.45. The molecule has 7 nitrogen and oxygen atoms in total. The van der Waals surface area contributed by atoms with E-state index in [0.29, 0.717) is 16.7 Å². The second kappa shape index (κ2) is 7.93. The summed E-state index contributed by atoms with van der Waals surface area (Å²) in [6, 6.07) is 14.4. The standard InChI is InChI=1S/C22H22ClN7/c1-29-8-10-30(11-9-29)18-6-4-17(5-7-18)26-22-24-14-19(23)21(27-22)15-2-3-16-13-25-28-20(16)12-15/h2-7,12-14H,8-11H2,1H3,(H,25,28)(H,24,26,27). The van der Waals surface area contributed by atoms with Gasteiger partial charge in [-0.1, -0.05) is 23.7 Å². The summed E-state index contributed by atoms with van der Waals surface area (Å²) >= 11 is 6.39. The number of benzene rings is 2. The molecule has 1 aliphatic heterocycles. The van der Waals surface area contributed by atoms with Gasteiger partial charge in [0.1, 0.15) is 0 Å². The molecule has 2 N–H and O–H groups in total. The minimum Gasteiger partial charge on any atom is -0.369 e. The Kier molecular flexibility index (Phi) is 4.98. The molecule has 1 saturated heterocycles. The molecule has 30 heavy (non-hydrogen) atoms. The van der Waals surface area contributed by atoms with Gasteiger partial charge in [0.25, 0.3) is 0 Å². The number of nitrogens with zero attached hydrogens (tertiary/aromatic N) is 5. The van der Waals surface area contributed by atoms with Crippen LogP contribution in [0.5, 0.6) is 0 Å². The average molecular weight is 420 g/mol. The van der Waals surface area contributed by atoms with E-state index in [-0.39, 0.29) is 0 Å². The highest BCUT2D eigenvalue weighted by molar-refractivity contribution is 6.33. The molecule has 0 amide bonds. The molecular formula is C22H22ClN7. The predicted octanol–water partition coefficient (Wildman–Crippen LogP) is 4.17. The normalized spacial score (nSPS) is 14.9. The van der Waals surface area contributed by atoms with Crippen LogP contribution in [0.15, 0.2) is 54.9 Å². The molecule has 5 rings (SSSR count). The van der Waals surface area contributed by atoms with Gasteiger partial charge in [-0.05, 0) is 37.4 Å². The quantitative estimate of drug-likeness (QED) is 0.517. The van der Waals surface area contributed by atoms with Gasteiger partial charge >= 0.3 is 0 Å². The number of halogens is 1. The second-order valence-corrected chi connectivity index (χ2v) is 7.93. The largest absolute Gasteiger partial charge is 0.369 e. The van der Waals surface area contributed by atoms with Crippen LogP contribution in [0.2, 0.25) is 5.02 Å². The van der Waals surface area contributed by atoms with Crippen LogP contribution in [-0.2, 0) is 0 Å². The van der Waals surface area contributed by atoms with Crippen molar-refractivity contribution in [2.45, 2.75) is 0 Å². The van der Waals surface area contributed by atoms with Crippen LogP contribution in [0.1, 0.15) is 0 Å². The number of nitrogens with one attached hydrogen (secondary N) is 2. The molecule has 0 bridgehead atoms. The molecule has 0 spiro atoms. The van der Waals surface area contributed by atoms with Crippen molar-refractivity contribution in [2.24, 2.45) is 0 Å². The number of rotatable bonds is 4. The maximum Gasteiger partial charge on any atom is 0.227 e. The SMILES string of the molecule is CN1CCN(c2ccc(Nc3ncc(Cl)c(-c4ccc5cn[nH]c5c4)n3)cc2)CC1. The number of piperazine rings is 1. The lowest BCUT2D eigenvalue weighted by Gasteiger charge is -2.34. The monoisotopic (exact) mass is 419 g/mol. The van der Waals surface area contributed by atoms with Crippen LogP contribution in [0.3, 0.4) is 0 Å². The summed E-state index contributed by atoms with van der Waals surface area (Å²) in [5, 5.41) is 11.9. The fraction of sp³-hybridized carbons (Fsp3) is 0.227. The van der Waals surface area contributed by atoms with Crippen LogP contribution in [0.25, 0.3) is 22.2 Å². The van der Waals surface area contributed by atoms with Crippen LogP contribution in [0.4, 0.5) is 17.3 Å². The summed E-state index contributed by atoms with van der Waals surface area (Å²) in [6.07, 6.45) is 3.42. The Morgan fingerprint density at radius 1 is 1.00 bits per heavy atom. The second-order valence-electron chi connectivity index (χ2n) is 7.52. The van der Waals surface area contributed by atoms with Gasteiger partial charge in [-0.15, -0.1) is 0 Å². The van der Waals surface area contributed by atoms with Crippen molar-refractivity contribution < 1.29 is 0 Å². The van der Waals surface area contributed by atoms with Crippen molar-refractivity contribution in [3.05, 3.63) is 59.9 Å². The van der Waals surface area contributed by atoms with Gasteiger partial charge in [-0.3, -0.25) is 5.10 Å². The zero-order valence-electron chi connectivity index (χ0n) is 16.6. The van der Waals surface area contributed by atoms with Crippen molar-refractivity contribution >= 4 is 39.8 Å². The van der Waals surface area contributed by atoms with Crippen LogP contribution in [0, 0.1) is 0 Å². The lowest BCUT2D eigenvalue weighted by Crippen LogP contribution is -2.44. The molecule has 0 unspecified atom stereocenters. The molecule has 2 aromatic heterocycles. The smallest absolute Gasteiger partial charge is 0.227 e. The van der Waals surface area contributed by atoms with Gasteiger partial charge in [-0.2, -0.15) is 5.10 Å². The molecule has 1 aliphatic rings. The van der Waals surface area contributed by atoms with Crippen LogP contribution in [-0.4, -0.2) is 58.3 Å². The molecule has 3 heterocycles. The Balaban J connectivity index is 1.35. The number of hydrogen-bond acceptors (Lipinski definition) is 6. The highest BCUT2D eigenvalue weighted by atomic mass is 35.5. The molecule has 8 heteroatoms. The van der Waals surface area contributed by atoms with E-state index < -0.39 is 0 Å². The number of fused-ring (bicyclic) bond motifs is 1. The maximum atomic E-state index is 6.39. The van der Waals surface area contributed by atoms with Crippen molar-refractivity contribution in [3.63, 3.8) is 0 Å². The Labute approximate surface area is 179 Å². The minimum atomic E-state index is 0.504. The number of aromatic amines is 1. The number of hydrogen-bond donors (Lipinski definition) is 2. The highest BCUT2D eigenvalue weighted by Crippen LogP contribution is 2.29. The number of anilines is 3. The summed E-state index contributed by atoms with van der Waals surface area (Å²) in [5.41, 5.74) is 4.70. The fourth-order valence-corrected chi connectivity index (χ4v) is 3.86. The summed E-state index contributed by atoms with van der Waals surface area (Å²) in [7, 11) is 2.16. The van der Waals surface area contributed by atoms with Gasteiger partial charge in [-0.25, -0.2) is 9.97 Å². The van der Waals surface area contributed by atoms with Gasteiger partial charge in [0.2, 0.25) is 5.95 Å². The number of aromatic nitrogens is 4. The average Bonchev–Trinajstić information content (AvgIpc) is 3.24. The maximum absolute atomic E-state index is 6.39. The van der Waals surface area contributed by atoms with Gasteiger partial charge in [0.15, 0.2) is 0 Å². The van der Waals surface area contributed by atoms with Gasteiger partial charge in [0, 0.05) is 48.5 Å². The Morgan fingerprint density at radius 3 is 2.60 bits per heavy atom. The van der Waals surface area contributed by atoms with Crippen LogP contribution >= 0.6 is 11.6 Å². The first-order chi connectivity index (χ1) is 14.7. The molecule has 2 aromatic carbocycles. The first kappa shape index (κ1) is 18.8. The van der Waals surface area contributed by atoms with E-state index in [4.69, 9.17) is 11.6 Å². The topological polar surface area (TPSA) is 73.0 Å². The predicted molar refractivity (Wildman–Crippen MR) is 122 cm³/mol. The zero-order valence-corrected chi connectivity index (χ0v) is 17.4. The van der Waals surface area contributed by atoms with E-state index in [1.54, 1.807) is 12.4 Å². The first-order valence-corrected chi connectivity index (χ1v) is 10.3. The molecule has 0 atom stereocenters. The third kappa shape index (κ3) is 3.81. The minimum absolute atomic E-state index is 0.504. The summed E-state index contributed by atoms with van der Waals surface area (Å²) in [6.45, 7) is 4.28. The number of H-pyrrole nitrogens is 1. The number of likely N-dealkylation sites (N-methyl/N-ethyl adjacent to an activating group) is 1. The summed E-state index contributed by atoms with van der Waals surface area (Å²) < 4.78 is 0. The molecule has 0 aliphatic carbocycles. The lowest BCUT2D eigenvalue weighted by molar-refractivity contribution is 0.313. The highest BCUT2D eigenvalue weighted by Gasteiger charge is 2.14. The van der Waals surface area contributed by atoms with E-state index in [9.17, 15) is 0 Å². The Morgan fingerprint density at radius 2 is 1.80 bits per heavy atom. The van der Waals surface area contributed by atoms with Crippen molar-refractivity contribution in [1.82, 2.24) is 25.1 Å². The molecule has 0 radical (unpaired) electrons. The van der Waals surface area contributed by atoms with Crippen LogP contribution < -0.4 is 10.2 Å². The van der Waals surface area contributed by atoms with E-state index in [0.717, 1.165) is 48.3 Å². The van der Waals surface area contributed by atoms with E-state index in [1.807, 2.05) is 18.2 Å².